The van der Waals surface area contributed by atoms with Gasteiger partial charge in [0.25, 0.3) is 0 Å². The number of hydrogen-bond donors (Lipinski definition) is 1. The normalized spacial score (nSPS) is 27.2. The minimum Gasteiger partial charge on any atom is -0.342 e. The first-order chi connectivity index (χ1) is 14.2. The van der Waals surface area contributed by atoms with E-state index in [9.17, 15) is 4.79 Å². The average Bonchev–Trinajstić information content (AvgIpc) is 3.18. The third-order valence-corrected chi connectivity index (χ3v) is 8.00. The Morgan fingerprint density at radius 1 is 1.10 bits per heavy atom. The Hall–Kier alpha value is -1.65. The maximum atomic E-state index is 13.7. The number of carbonyl (C=O) groups excluding carboxylic acids is 1. The molecule has 2 heterocycles. The number of nitrogens with zero attached hydrogens (tertiary/aromatic N) is 1. The Bertz CT molecular complexity index is 891. The molecular formula is C25H29BrN2O. The number of piperidine rings is 1. The van der Waals surface area contributed by atoms with Crippen LogP contribution < -0.4 is 5.32 Å². The summed E-state index contributed by atoms with van der Waals surface area (Å²) in [5.74, 6) is 1.02. The molecule has 3 nitrogen and oxygen atoms in total. The summed E-state index contributed by atoms with van der Waals surface area (Å²) in [5.41, 5.74) is 4.23. The molecule has 1 amide bonds. The van der Waals surface area contributed by atoms with Crippen LogP contribution in [0.3, 0.4) is 0 Å². The molecule has 3 aliphatic rings. The predicted molar refractivity (Wildman–Crippen MR) is 120 cm³/mol. The van der Waals surface area contributed by atoms with Gasteiger partial charge in [0, 0.05) is 36.1 Å². The molecule has 0 bridgehead atoms. The molecule has 0 radical (unpaired) electrons. The lowest BCUT2D eigenvalue weighted by Gasteiger charge is -2.42. The van der Waals surface area contributed by atoms with E-state index in [2.05, 4.69) is 74.7 Å². The van der Waals surface area contributed by atoms with Crippen LogP contribution in [0.1, 0.15) is 48.3 Å². The predicted octanol–water partition coefficient (Wildman–Crippen LogP) is 4.65. The number of aryl methyl sites for hydroxylation is 1. The van der Waals surface area contributed by atoms with Crippen LogP contribution in [0.15, 0.2) is 53.0 Å². The van der Waals surface area contributed by atoms with E-state index in [4.69, 9.17) is 0 Å². The van der Waals surface area contributed by atoms with Crippen molar-refractivity contribution in [3.05, 3.63) is 69.7 Å². The van der Waals surface area contributed by atoms with E-state index in [1.165, 1.54) is 23.1 Å². The molecule has 29 heavy (non-hydrogen) atoms. The molecule has 2 atom stereocenters. The molecule has 0 saturated carbocycles. The van der Waals surface area contributed by atoms with E-state index in [0.29, 0.717) is 11.8 Å². The van der Waals surface area contributed by atoms with Crippen LogP contribution in [0.5, 0.6) is 0 Å². The van der Waals surface area contributed by atoms with Crippen molar-refractivity contribution in [2.45, 2.75) is 43.4 Å². The average molecular weight is 453 g/mol. The highest BCUT2D eigenvalue weighted by molar-refractivity contribution is 9.10. The molecule has 1 aliphatic carbocycles. The molecule has 0 aromatic heterocycles. The Balaban J connectivity index is 1.35. The minimum absolute atomic E-state index is 0.0261. The summed E-state index contributed by atoms with van der Waals surface area (Å²) in [4.78, 5) is 15.8. The van der Waals surface area contributed by atoms with E-state index >= 15 is 0 Å². The number of rotatable bonds is 2. The zero-order valence-electron chi connectivity index (χ0n) is 16.9. The fourth-order valence-corrected chi connectivity index (χ4v) is 6.40. The molecule has 152 valence electrons. The van der Waals surface area contributed by atoms with E-state index in [1.54, 1.807) is 0 Å². The molecule has 1 spiro atoms. The van der Waals surface area contributed by atoms with Crippen molar-refractivity contribution in [3.63, 3.8) is 0 Å². The Kier molecular flexibility index (Phi) is 5.25. The fourth-order valence-electron chi connectivity index (χ4n) is 5.99. The quantitative estimate of drug-likeness (QED) is 0.718. The second-order valence-electron chi connectivity index (χ2n) is 9.00. The largest absolute Gasteiger partial charge is 0.342 e. The van der Waals surface area contributed by atoms with Gasteiger partial charge in [-0.2, -0.15) is 0 Å². The van der Waals surface area contributed by atoms with Crippen molar-refractivity contribution in [3.8, 4) is 0 Å². The lowest BCUT2D eigenvalue weighted by Crippen LogP contribution is -2.49. The molecule has 2 aliphatic heterocycles. The van der Waals surface area contributed by atoms with Gasteiger partial charge in [-0.05, 0) is 66.8 Å². The Morgan fingerprint density at radius 3 is 2.69 bits per heavy atom. The van der Waals surface area contributed by atoms with Crippen molar-refractivity contribution in [2.24, 2.45) is 5.92 Å². The first kappa shape index (κ1) is 19.3. The number of likely N-dealkylation sites (tertiary alicyclic amines) is 1. The van der Waals surface area contributed by atoms with Crippen LogP contribution >= 0.6 is 15.9 Å². The molecule has 1 N–H and O–H groups in total. The molecule has 4 heteroatoms. The van der Waals surface area contributed by atoms with Gasteiger partial charge in [0.1, 0.15) is 0 Å². The van der Waals surface area contributed by atoms with Crippen LogP contribution in [-0.2, 0) is 16.6 Å². The smallest absolute Gasteiger partial charge is 0.227 e. The Labute approximate surface area is 182 Å². The molecular weight excluding hydrogens is 424 g/mol. The maximum Gasteiger partial charge on any atom is 0.227 e. The van der Waals surface area contributed by atoms with Gasteiger partial charge in [0.2, 0.25) is 5.91 Å². The summed E-state index contributed by atoms with van der Waals surface area (Å²) >= 11 is 3.63. The minimum atomic E-state index is -0.0261. The standard InChI is InChI=1S/C25H29BrN2O/c26-21-8-9-22-20(15-21)7-4-12-25(22)17-27-16-23(25)24(29)28-13-10-19(11-14-28)18-5-2-1-3-6-18/h1-3,5-6,8-9,15,19,23,27H,4,7,10-14,16-17H2/t23-,25-/m0/s1. The van der Waals surface area contributed by atoms with Crippen LogP contribution in [-0.4, -0.2) is 37.0 Å². The van der Waals surface area contributed by atoms with E-state index < -0.39 is 0 Å². The number of benzene rings is 2. The summed E-state index contributed by atoms with van der Waals surface area (Å²) in [7, 11) is 0. The second-order valence-corrected chi connectivity index (χ2v) is 9.92. The van der Waals surface area contributed by atoms with Crippen molar-refractivity contribution < 1.29 is 4.79 Å². The highest BCUT2D eigenvalue weighted by Gasteiger charge is 2.51. The summed E-state index contributed by atoms with van der Waals surface area (Å²) in [6.45, 7) is 3.52. The lowest BCUT2D eigenvalue weighted by molar-refractivity contribution is -0.138. The molecule has 0 unspecified atom stereocenters. The number of carbonyl (C=O) groups is 1. The molecule has 2 aromatic rings. The number of fused-ring (bicyclic) bond motifs is 2. The Morgan fingerprint density at radius 2 is 1.90 bits per heavy atom. The van der Waals surface area contributed by atoms with Gasteiger partial charge in [-0.3, -0.25) is 4.79 Å². The first-order valence-electron chi connectivity index (χ1n) is 11.0. The highest BCUT2D eigenvalue weighted by atomic mass is 79.9. The van der Waals surface area contributed by atoms with Crippen LogP contribution in [0, 0.1) is 5.92 Å². The summed E-state index contributed by atoms with van der Waals surface area (Å²) < 4.78 is 1.14. The van der Waals surface area contributed by atoms with Gasteiger partial charge in [-0.25, -0.2) is 0 Å². The molecule has 5 rings (SSSR count). The van der Waals surface area contributed by atoms with Gasteiger partial charge < -0.3 is 10.2 Å². The van der Waals surface area contributed by atoms with E-state index in [0.717, 1.165) is 56.3 Å². The maximum absolute atomic E-state index is 13.7. The fraction of sp³-hybridized carbons (Fsp3) is 0.480. The van der Waals surface area contributed by atoms with Crippen LogP contribution in [0.25, 0.3) is 0 Å². The summed E-state index contributed by atoms with van der Waals surface area (Å²) in [6.07, 6.45) is 5.56. The van der Waals surface area contributed by atoms with Crippen molar-refractivity contribution in [1.29, 1.82) is 0 Å². The number of halogens is 1. The first-order valence-corrected chi connectivity index (χ1v) is 11.8. The topological polar surface area (TPSA) is 32.3 Å². The van der Waals surface area contributed by atoms with E-state index in [-0.39, 0.29) is 11.3 Å². The third-order valence-electron chi connectivity index (χ3n) is 7.50. The molecule has 2 saturated heterocycles. The zero-order valence-corrected chi connectivity index (χ0v) is 18.5. The SMILES string of the molecule is O=C([C@@H]1CNC[C@]12CCCc1cc(Br)ccc12)N1CCC(c2ccccc2)CC1. The van der Waals surface area contributed by atoms with Crippen molar-refractivity contribution in [1.82, 2.24) is 10.2 Å². The highest BCUT2D eigenvalue weighted by Crippen LogP contribution is 2.46. The summed E-state index contributed by atoms with van der Waals surface area (Å²) in [6, 6.07) is 17.5. The van der Waals surface area contributed by atoms with Crippen LogP contribution in [0.2, 0.25) is 0 Å². The van der Waals surface area contributed by atoms with Gasteiger partial charge in [0.15, 0.2) is 0 Å². The van der Waals surface area contributed by atoms with Crippen molar-refractivity contribution >= 4 is 21.8 Å². The molecule has 2 fully saturated rings. The number of amides is 1. The number of nitrogens with one attached hydrogen (secondary N) is 1. The van der Waals surface area contributed by atoms with Crippen molar-refractivity contribution in [2.75, 3.05) is 26.2 Å². The van der Waals surface area contributed by atoms with Gasteiger partial charge in [-0.1, -0.05) is 52.3 Å². The molecule has 2 aromatic carbocycles. The van der Waals surface area contributed by atoms with Gasteiger partial charge >= 0.3 is 0 Å². The van der Waals surface area contributed by atoms with Crippen LogP contribution in [0.4, 0.5) is 0 Å². The lowest BCUT2D eigenvalue weighted by atomic mass is 9.64. The third kappa shape index (κ3) is 3.44. The number of hydrogen-bond acceptors (Lipinski definition) is 2. The van der Waals surface area contributed by atoms with Gasteiger partial charge in [0.05, 0.1) is 5.92 Å². The van der Waals surface area contributed by atoms with Gasteiger partial charge in [-0.15, -0.1) is 0 Å². The van der Waals surface area contributed by atoms with E-state index in [1.807, 2.05) is 0 Å². The zero-order chi connectivity index (χ0) is 19.8. The monoisotopic (exact) mass is 452 g/mol. The summed E-state index contributed by atoms with van der Waals surface area (Å²) in [5, 5.41) is 3.58. The second kappa shape index (κ2) is 7.88.